The van der Waals surface area contributed by atoms with Crippen LogP contribution >= 0.6 is 0 Å². The van der Waals surface area contributed by atoms with Gasteiger partial charge >= 0.3 is 0 Å². The Morgan fingerprint density at radius 1 is 1.40 bits per heavy atom. The topological polar surface area (TPSA) is 92.6 Å². The number of nitrogens with one attached hydrogen (secondary N) is 2. The number of nitrogens with zero attached hydrogens (tertiary/aromatic N) is 2. The standard InChI is InChI=1S/C11H13BN4O3S/c1-20(18,19)15-5-4-13-11(17)8-2-3-10-9(12)6-14-16(10)7-8/h2-3,6-7,15H,4-5H2,1H3,(H,13,17). The summed E-state index contributed by atoms with van der Waals surface area (Å²) in [4.78, 5) is 11.9. The van der Waals surface area contributed by atoms with Crippen LogP contribution in [0, 0.1) is 0 Å². The zero-order chi connectivity index (χ0) is 14.8. The fraction of sp³-hybridized carbons (Fsp3) is 0.273. The highest BCUT2D eigenvalue weighted by atomic mass is 32.2. The minimum Gasteiger partial charge on any atom is -0.351 e. The second kappa shape index (κ2) is 5.64. The predicted octanol–water partition coefficient (Wildman–Crippen LogP) is -1.59. The van der Waals surface area contributed by atoms with Crippen molar-refractivity contribution < 1.29 is 13.2 Å². The van der Waals surface area contributed by atoms with Crippen molar-refractivity contribution in [1.29, 1.82) is 0 Å². The summed E-state index contributed by atoms with van der Waals surface area (Å²) >= 11 is 0. The van der Waals surface area contributed by atoms with E-state index in [4.69, 9.17) is 7.85 Å². The molecule has 2 aromatic heterocycles. The molecule has 20 heavy (non-hydrogen) atoms. The molecule has 2 rings (SSSR count). The van der Waals surface area contributed by atoms with Gasteiger partial charge in [0, 0.05) is 25.5 Å². The van der Waals surface area contributed by atoms with E-state index in [1.54, 1.807) is 18.3 Å². The Hall–Kier alpha value is -1.87. The molecule has 104 valence electrons. The van der Waals surface area contributed by atoms with Crippen LogP contribution in [0.4, 0.5) is 0 Å². The van der Waals surface area contributed by atoms with Crippen LogP contribution in [0.5, 0.6) is 0 Å². The van der Waals surface area contributed by atoms with Crippen molar-refractivity contribution in [3.05, 3.63) is 30.1 Å². The van der Waals surface area contributed by atoms with Crippen LogP contribution in [0.1, 0.15) is 10.4 Å². The van der Waals surface area contributed by atoms with E-state index in [-0.39, 0.29) is 19.0 Å². The normalized spacial score (nSPS) is 11.7. The first-order valence-corrected chi connectivity index (χ1v) is 7.72. The first-order valence-electron chi connectivity index (χ1n) is 5.82. The molecule has 9 heteroatoms. The van der Waals surface area contributed by atoms with Crippen molar-refractivity contribution in [2.75, 3.05) is 19.3 Å². The van der Waals surface area contributed by atoms with E-state index in [1.807, 2.05) is 0 Å². The van der Waals surface area contributed by atoms with Gasteiger partial charge in [-0.15, -0.1) is 0 Å². The molecule has 0 aliphatic heterocycles. The quantitative estimate of drug-likeness (QED) is 0.513. The molecule has 2 radical (unpaired) electrons. The van der Waals surface area contributed by atoms with Crippen molar-refractivity contribution in [2.24, 2.45) is 0 Å². The first kappa shape index (κ1) is 14.5. The summed E-state index contributed by atoms with van der Waals surface area (Å²) < 4.78 is 25.5. The number of hydrogen-bond donors (Lipinski definition) is 2. The van der Waals surface area contributed by atoms with Crippen LogP contribution < -0.4 is 15.5 Å². The van der Waals surface area contributed by atoms with Crippen LogP contribution in [0.15, 0.2) is 24.5 Å². The number of amides is 1. The molecule has 0 fully saturated rings. The third kappa shape index (κ3) is 3.58. The highest BCUT2D eigenvalue weighted by molar-refractivity contribution is 7.88. The fourth-order valence-corrected chi connectivity index (χ4v) is 2.13. The second-order valence-corrected chi connectivity index (χ2v) is 6.10. The van der Waals surface area contributed by atoms with Crippen molar-refractivity contribution >= 4 is 34.8 Å². The van der Waals surface area contributed by atoms with E-state index in [2.05, 4.69) is 15.1 Å². The number of carbonyl (C=O) groups excluding carboxylic acids is 1. The molecule has 0 saturated carbocycles. The van der Waals surface area contributed by atoms with Crippen LogP contribution in [0.25, 0.3) is 5.52 Å². The summed E-state index contributed by atoms with van der Waals surface area (Å²) in [5, 5.41) is 6.61. The monoisotopic (exact) mass is 292 g/mol. The van der Waals surface area contributed by atoms with Crippen LogP contribution in [0.3, 0.4) is 0 Å². The third-order valence-corrected chi connectivity index (χ3v) is 3.31. The van der Waals surface area contributed by atoms with Crippen molar-refractivity contribution in [3.63, 3.8) is 0 Å². The van der Waals surface area contributed by atoms with E-state index in [1.165, 1.54) is 10.7 Å². The first-order chi connectivity index (χ1) is 9.37. The van der Waals surface area contributed by atoms with Gasteiger partial charge in [0.15, 0.2) is 0 Å². The van der Waals surface area contributed by atoms with Crippen molar-refractivity contribution in [2.45, 2.75) is 0 Å². The smallest absolute Gasteiger partial charge is 0.252 e. The molecule has 2 aromatic rings. The van der Waals surface area contributed by atoms with Gasteiger partial charge in [0.2, 0.25) is 10.0 Å². The van der Waals surface area contributed by atoms with E-state index < -0.39 is 10.0 Å². The Morgan fingerprint density at radius 3 is 2.85 bits per heavy atom. The van der Waals surface area contributed by atoms with Gasteiger partial charge in [-0.25, -0.2) is 17.7 Å². The number of pyridine rings is 1. The van der Waals surface area contributed by atoms with E-state index >= 15 is 0 Å². The van der Waals surface area contributed by atoms with Gasteiger partial charge in [0.05, 0.1) is 17.3 Å². The Balaban J connectivity index is 1.97. The molecule has 2 heterocycles. The van der Waals surface area contributed by atoms with Gasteiger partial charge < -0.3 is 5.32 Å². The molecule has 0 bridgehead atoms. The van der Waals surface area contributed by atoms with Gasteiger partial charge in [0.1, 0.15) is 7.85 Å². The number of rotatable bonds is 5. The summed E-state index contributed by atoms with van der Waals surface area (Å²) in [5.74, 6) is -0.309. The lowest BCUT2D eigenvalue weighted by molar-refractivity contribution is 0.0954. The highest BCUT2D eigenvalue weighted by Crippen LogP contribution is 2.03. The lowest BCUT2D eigenvalue weighted by atomic mass is 9.98. The van der Waals surface area contributed by atoms with Gasteiger partial charge in [-0.2, -0.15) is 5.10 Å². The summed E-state index contributed by atoms with van der Waals surface area (Å²) in [5.41, 5.74) is 1.68. The van der Waals surface area contributed by atoms with Gasteiger partial charge in [-0.1, -0.05) is 5.46 Å². The van der Waals surface area contributed by atoms with Crippen LogP contribution in [-0.2, 0) is 10.0 Å². The van der Waals surface area contributed by atoms with Gasteiger partial charge in [-0.3, -0.25) is 4.79 Å². The average molecular weight is 292 g/mol. The molecule has 0 aromatic carbocycles. The molecule has 0 spiro atoms. The lowest BCUT2D eigenvalue weighted by Gasteiger charge is -2.06. The second-order valence-electron chi connectivity index (χ2n) is 4.27. The Labute approximate surface area is 117 Å². The molecule has 0 saturated heterocycles. The number of fused-ring (bicyclic) bond motifs is 1. The maximum atomic E-state index is 11.9. The molecular weight excluding hydrogens is 279 g/mol. The Bertz CT molecular complexity index is 741. The molecule has 0 unspecified atom stereocenters. The maximum absolute atomic E-state index is 11.9. The SMILES string of the molecule is [B]c1cnn2cc(C(=O)NCCNS(C)(=O)=O)ccc12. The Kier molecular flexibility index (Phi) is 4.10. The zero-order valence-electron chi connectivity index (χ0n) is 10.8. The zero-order valence-corrected chi connectivity index (χ0v) is 11.6. The molecular formula is C11H13BN4O3S. The number of sulfonamides is 1. The van der Waals surface area contributed by atoms with Gasteiger partial charge in [-0.05, 0) is 12.1 Å². The highest BCUT2D eigenvalue weighted by Gasteiger charge is 2.08. The minimum absolute atomic E-state index is 0.140. The van der Waals surface area contributed by atoms with E-state index in [0.29, 0.717) is 11.0 Å². The maximum Gasteiger partial charge on any atom is 0.252 e. The Morgan fingerprint density at radius 2 is 2.15 bits per heavy atom. The average Bonchev–Trinajstić information content (AvgIpc) is 2.74. The molecule has 2 N–H and O–H groups in total. The largest absolute Gasteiger partial charge is 0.351 e. The van der Waals surface area contributed by atoms with E-state index in [0.717, 1.165) is 11.8 Å². The van der Waals surface area contributed by atoms with Crippen molar-refractivity contribution in [3.8, 4) is 0 Å². The number of carbonyl (C=O) groups is 1. The molecule has 0 aliphatic rings. The lowest BCUT2D eigenvalue weighted by Crippen LogP contribution is -2.34. The summed E-state index contributed by atoms with van der Waals surface area (Å²) in [6.45, 7) is 0.340. The molecule has 0 atom stereocenters. The molecule has 0 aliphatic carbocycles. The summed E-state index contributed by atoms with van der Waals surface area (Å²) in [7, 11) is 2.45. The minimum atomic E-state index is -3.24. The number of hydrogen-bond acceptors (Lipinski definition) is 4. The van der Waals surface area contributed by atoms with Crippen LogP contribution in [0.2, 0.25) is 0 Å². The van der Waals surface area contributed by atoms with E-state index in [9.17, 15) is 13.2 Å². The molecule has 7 nitrogen and oxygen atoms in total. The predicted molar refractivity (Wildman–Crippen MR) is 75.8 cm³/mol. The fourth-order valence-electron chi connectivity index (χ4n) is 1.65. The summed E-state index contributed by atoms with van der Waals surface area (Å²) in [6.07, 6.45) is 4.13. The van der Waals surface area contributed by atoms with Gasteiger partial charge in [0.25, 0.3) is 5.91 Å². The molecule has 1 amide bonds. The third-order valence-electron chi connectivity index (χ3n) is 2.58. The van der Waals surface area contributed by atoms with Crippen LogP contribution in [-0.4, -0.2) is 51.1 Å². The summed E-state index contributed by atoms with van der Waals surface area (Å²) in [6, 6.07) is 3.33. The number of aromatic nitrogens is 2. The van der Waals surface area contributed by atoms with Crippen molar-refractivity contribution in [1.82, 2.24) is 19.7 Å².